The third-order valence-corrected chi connectivity index (χ3v) is 2.56. The Morgan fingerprint density at radius 1 is 1.39 bits per heavy atom. The second-order valence-electron chi connectivity index (χ2n) is 3.96. The van der Waals surface area contributed by atoms with Gasteiger partial charge in [0.25, 0.3) is 0 Å². The van der Waals surface area contributed by atoms with Gasteiger partial charge in [0.1, 0.15) is 5.82 Å². The van der Waals surface area contributed by atoms with Crippen LogP contribution in [-0.2, 0) is 4.79 Å². The van der Waals surface area contributed by atoms with E-state index in [1.54, 1.807) is 19.0 Å². The summed E-state index contributed by atoms with van der Waals surface area (Å²) in [6.07, 6.45) is 0. The zero-order valence-corrected chi connectivity index (χ0v) is 10.3. The molecular weight excluding hydrogens is 230 g/mol. The summed E-state index contributed by atoms with van der Waals surface area (Å²) in [7, 11) is 3.53. The molecule has 0 bridgehead atoms. The van der Waals surface area contributed by atoms with Gasteiger partial charge in [0.15, 0.2) is 0 Å². The van der Waals surface area contributed by atoms with E-state index in [0.29, 0.717) is 11.8 Å². The molecule has 0 saturated carbocycles. The molecule has 1 aromatic carbocycles. The van der Waals surface area contributed by atoms with Crippen molar-refractivity contribution in [2.75, 3.05) is 30.9 Å². The SMILES string of the molecule is CNc1nc(N(C)CC(N)=O)c2ccccc2n1. The molecule has 0 saturated heterocycles. The third-order valence-electron chi connectivity index (χ3n) is 2.56. The standard InChI is InChI=1S/C12H15N5O/c1-14-12-15-9-6-4-3-5-8(9)11(16-12)17(2)7-10(13)18/h3-6H,7H2,1-2H3,(H2,13,18)(H,14,15,16). The van der Waals surface area contributed by atoms with Crippen LogP contribution in [0.25, 0.3) is 10.9 Å². The molecule has 2 rings (SSSR count). The van der Waals surface area contributed by atoms with E-state index in [1.807, 2.05) is 24.3 Å². The summed E-state index contributed by atoms with van der Waals surface area (Å²) in [6.45, 7) is 0.115. The van der Waals surface area contributed by atoms with Crippen LogP contribution in [0.15, 0.2) is 24.3 Å². The molecule has 0 aliphatic carbocycles. The number of para-hydroxylation sites is 1. The maximum Gasteiger partial charge on any atom is 0.236 e. The van der Waals surface area contributed by atoms with Crippen molar-refractivity contribution >= 4 is 28.6 Å². The second-order valence-corrected chi connectivity index (χ2v) is 3.96. The average Bonchev–Trinajstić information content (AvgIpc) is 2.36. The third kappa shape index (κ3) is 2.32. The van der Waals surface area contributed by atoms with Crippen LogP contribution in [0.3, 0.4) is 0 Å². The van der Waals surface area contributed by atoms with Crippen LogP contribution < -0.4 is 16.0 Å². The highest BCUT2D eigenvalue weighted by Gasteiger charge is 2.12. The van der Waals surface area contributed by atoms with E-state index in [1.165, 1.54) is 0 Å². The summed E-state index contributed by atoms with van der Waals surface area (Å²) in [4.78, 5) is 21.4. The number of hydrogen-bond donors (Lipinski definition) is 2. The summed E-state index contributed by atoms with van der Waals surface area (Å²) < 4.78 is 0. The van der Waals surface area contributed by atoms with Gasteiger partial charge in [-0.3, -0.25) is 4.79 Å². The smallest absolute Gasteiger partial charge is 0.236 e. The van der Waals surface area contributed by atoms with Crippen molar-refractivity contribution in [3.8, 4) is 0 Å². The van der Waals surface area contributed by atoms with Crippen molar-refractivity contribution in [3.05, 3.63) is 24.3 Å². The monoisotopic (exact) mass is 245 g/mol. The van der Waals surface area contributed by atoms with E-state index in [9.17, 15) is 4.79 Å². The largest absolute Gasteiger partial charge is 0.368 e. The first-order valence-electron chi connectivity index (χ1n) is 5.56. The fourth-order valence-electron chi connectivity index (χ4n) is 1.77. The molecular formula is C12H15N5O. The van der Waals surface area contributed by atoms with Crippen molar-refractivity contribution in [1.82, 2.24) is 9.97 Å². The zero-order valence-electron chi connectivity index (χ0n) is 10.3. The Hall–Kier alpha value is -2.37. The van der Waals surface area contributed by atoms with Crippen LogP contribution in [0.1, 0.15) is 0 Å². The first-order valence-corrected chi connectivity index (χ1v) is 5.56. The fraction of sp³-hybridized carbons (Fsp3) is 0.250. The number of fused-ring (bicyclic) bond motifs is 1. The number of carbonyl (C=O) groups excluding carboxylic acids is 1. The van der Waals surface area contributed by atoms with E-state index < -0.39 is 5.91 Å². The molecule has 18 heavy (non-hydrogen) atoms. The van der Waals surface area contributed by atoms with E-state index in [4.69, 9.17) is 5.73 Å². The molecule has 0 unspecified atom stereocenters. The number of nitrogens with two attached hydrogens (primary N) is 1. The molecule has 6 nitrogen and oxygen atoms in total. The number of carbonyl (C=O) groups is 1. The van der Waals surface area contributed by atoms with Crippen LogP contribution in [0.4, 0.5) is 11.8 Å². The number of hydrogen-bond acceptors (Lipinski definition) is 5. The second kappa shape index (κ2) is 4.87. The van der Waals surface area contributed by atoms with Crippen molar-refractivity contribution in [2.45, 2.75) is 0 Å². The number of likely N-dealkylation sites (N-methyl/N-ethyl adjacent to an activating group) is 1. The Morgan fingerprint density at radius 2 is 2.11 bits per heavy atom. The van der Waals surface area contributed by atoms with Crippen LogP contribution in [-0.4, -0.2) is 36.5 Å². The van der Waals surface area contributed by atoms with Crippen molar-refractivity contribution < 1.29 is 4.79 Å². The number of anilines is 2. The highest BCUT2D eigenvalue weighted by Crippen LogP contribution is 2.23. The number of rotatable bonds is 4. The molecule has 94 valence electrons. The van der Waals surface area contributed by atoms with Gasteiger partial charge in [0.05, 0.1) is 12.1 Å². The molecule has 1 heterocycles. The Labute approximate surface area is 105 Å². The minimum atomic E-state index is -0.397. The lowest BCUT2D eigenvalue weighted by molar-refractivity contribution is -0.116. The normalized spacial score (nSPS) is 10.3. The minimum Gasteiger partial charge on any atom is -0.368 e. The molecule has 6 heteroatoms. The van der Waals surface area contributed by atoms with Crippen molar-refractivity contribution in [3.63, 3.8) is 0 Å². The topological polar surface area (TPSA) is 84.1 Å². The van der Waals surface area contributed by atoms with E-state index in [0.717, 1.165) is 10.9 Å². The minimum absolute atomic E-state index is 0.115. The lowest BCUT2D eigenvalue weighted by Crippen LogP contribution is -2.31. The van der Waals surface area contributed by atoms with Crippen LogP contribution in [0.5, 0.6) is 0 Å². The molecule has 3 N–H and O–H groups in total. The summed E-state index contributed by atoms with van der Waals surface area (Å²) in [6, 6.07) is 7.64. The van der Waals surface area contributed by atoms with Crippen LogP contribution >= 0.6 is 0 Å². The molecule has 0 atom stereocenters. The Kier molecular flexibility index (Phi) is 3.27. The number of benzene rings is 1. The summed E-state index contributed by atoms with van der Waals surface area (Å²) in [5.41, 5.74) is 6.03. The first-order chi connectivity index (χ1) is 8.61. The van der Waals surface area contributed by atoms with Gasteiger partial charge in [-0.15, -0.1) is 0 Å². The fourth-order valence-corrected chi connectivity index (χ4v) is 1.77. The molecule has 1 aromatic heterocycles. The maximum absolute atomic E-state index is 11.0. The first kappa shape index (κ1) is 12.1. The lowest BCUT2D eigenvalue weighted by atomic mass is 10.2. The zero-order chi connectivity index (χ0) is 13.1. The molecule has 0 radical (unpaired) electrons. The van der Waals surface area contributed by atoms with Crippen LogP contribution in [0.2, 0.25) is 0 Å². The summed E-state index contributed by atoms with van der Waals surface area (Å²) in [5.74, 6) is 0.801. The summed E-state index contributed by atoms with van der Waals surface area (Å²) in [5, 5.41) is 3.79. The number of amides is 1. The van der Waals surface area contributed by atoms with Crippen LogP contribution in [0, 0.1) is 0 Å². The van der Waals surface area contributed by atoms with Gasteiger partial charge in [-0.1, -0.05) is 12.1 Å². The van der Waals surface area contributed by atoms with Gasteiger partial charge in [0, 0.05) is 19.5 Å². The average molecular weight is 245 g/mol. The quantitative estimate of drug-likeness (QED) is 0.823. The number of primary amides is 1. The highest BCUT2D eigenvalue weighted by atomic mass is 16.1. The predicted octanol–water partition coefficient (Wildman–Crippen LogP) is 0.593. The van der Waals surface area contributed by atoms with Crippen molar-refractivity contribution in [1.29, 1.82) is 0 Å². The van der Waals surface area contributed by atoms with E-state index >= 15 is 0 Å². The van der Waals surface area contributed by atoms with Crippen molar-refractivity contribution in [2.24, 2.45) is 5.73 Å². The van der Waals surface area contributed by atoms with Gasteiger partial charge < -0.3 is 16.0 Å². The molecule has 0 aliphatic rings. The lowest BCUT2D eigenvalue weighted by Gasteiger charge is -2.18. The van der Waals surface area contributed by atoms with Gasteiger partial charge >= 0.3 is 0 Å². The van der Waals surface area contributed by atoms with Gasteiger partial charge in [-0.2, -0.15) is 4.98 Å². The predicted molar refractivity (Wildman–Crippen MR) is 71.5 cm³/mol. The molecule has 0 fully saturated rings. The maximum atomic E-state index is 11.0. The molecule has 1 amide bonds. The van der Waals surface area contributed by atoms with E-state index in [-0.39, 0.29) is 6.54 Å². The number of nitrogens with one attached hydrogen (secondary N) is 1. The van der Waals surface area contributed by atoms with E-state index in [2.05, 4.69) is 15.3 Å². The van der Waals surface area contributed by atoms with Gasteiger partial charge in [-0.05, 0) is 12.1 Å². The Balaban J connectivity index is 2.56. The summed E-state index contributed by atoms with van der Waals surface area (Å²) >= 11 is 0. The Bertz CT molecular complexity index is 584. The molecule has 2 aromatic rings. The Morgan fingerprint density at radius 3 is 2.78 bits per heavy atom. The molecule has 0 spiro atoms. The highest BCUT2D eigenvalue weighted by molar-refractivity contribution is 5.92. The number of nitrogens with zero attached hydrogens (tertiary/aromatic N) is 3. The van der Waals surface area contributed by atoms with Gasteiger partial charge in [0.2, 0.25) is 11.9 Å². The number of aromatic nitrogens is 2. The van der Waals surface area contributed by atoms with Gasteiger partial charge in [-0.25, -0.2) is 4.98 Å². The molecule has 0 aliphatic heterocycles.